The second-order valence-electron chi connectivity index (χ2n) is 4.67. The van der Waals surface area contributed by atoms with Gasteiger partial charge in [0, 0.05) is 0 Å². The molecule has 1 rings (SSSR count). The third kappa shape index (κ3) is 4.97. The van der Waals surface area contributed by atoms with Gasteiger partial charge in [0.2, 0.25) is 0 Å². The molecule has 0 saturated carbocycles. The van der Waals surface area contributed by atoms with Crippen LogP contribution in [-0.4, -0.2) is 45.3 Å². The highest BCUT2D eigenvalue weighted by Gasteiger charge is 2.33. The summed E-state index contributed by atoms with van der Waals surface area (Å²) < 4.78 is 11.3. The largest absolute Gasteiger partial charge is 0.441 e. The first-order valence-electron chi connectivity index (χ1n) is 5.54. The summed E-state index contributed by atoms with van der Waals surface area (Å²) >= 11 is 0. The van der Waals surface area contributed by atoms with E-state index in [2.05, 4.69) is 0 Å². The standard InChI is InChI=1S/C9H20O4Si4/c1-16(2,12-14-10)15-13-17(3,11)9-7-5-4-6-8-9/h4-8,10-11H,14-15H2,1-3H3. The van der Waals surface area contributed by atoms with Gasteiger partial charge in [-0.15, -0.1) is 0 Å². The van der Waals surface area contributed by atoms with Crippen molar-refractivity contribution in [3.8, 4) is 0 Å². The van der Waals surface area contributed by atoms with Gasteiger partial charge < -0.3 is 17.8 Å². The highest BCUT2D eigenvalue weighted by atomic mass is 29.2. The lowest BCUT2D eigenvalue weighted by molar-refractivity contribution is 0.410. The van der Waals surface area contributed by atoms with E-state index in [9.17, 15) is 4.80 Å². The molecule has 96 valence electrons. The van der Waals surface area contributed by atoms with Gasteiger partial charge in [-0.25, -0.2) is 0 Å². The minimum Gasteiger partial charge on any atom is -0.441 e. The Morgan fingerprint density at radius 2 is 1.65 bits per heavy atom. The van der Waals surface area contributed by atoms with Gasteiger partial charge in [0.25, 0.3) is 10.0 Å². The molecule has 0 fully saturated rings. The fourth-order valence-electron chi connectivity index (χ4n) is 1.36. The van der Waals surface area contributed by atoms with Crippen molar-refractivity contribution in [1.82, 2.24) is 0 Å². The van der Waals surface area contributed by atoms with Crippen molar-refractivity contribution in [3.05, 3.63) is 30.3 Å². The average Bonchev–Trinajstić information content (AvgIpc) is 2.28. The molecule has 17 heavy (non-hydrogen) atoms. The van der Waals surface area contributed by atoms with Gasteiger partial charge in [0.1, 0.15) is 0 Å². The molecule has 1 aromatic carbocycles. The van der Waals surface area contributed by atoms with E-state index in [0.29, 0.717) is 0 Å². The lowest BCUT2D eigenvalue weighted by Crippen LogP contribution is -2.54. The third-order valence-electron chi connectivity index (χ3n) is 2.47. The van der Waals surface area contributed by atoms with E-state index in [1.54, 1.807) is 6.55 Å². The topological polar surface area (TPSA) is 58.9 Å². The molecule has 1 aromatic rings. The van der Waals surface area contributed by atoms with Crippen molar-refractivity contribution in [2.24, 2.45) is 0 Å². The zero-order valence-electron chi connectivity index (χ0n) is 10.5. The molecule has 0 aliphatic heterocycles. The first kappa shape index (κ1) is 15.0. The Kier molecular flexibility index (Phi) is 5.46. The van der Waals surface area contributed by atoms with Crippen LogP contribution in [0, 0.1) is 0 Å². The molecule has 0 saturated heterocycles. The van der Waals surface area contributed by atoms with Gasteiger partial charge in [-0.1, -0.05) is 30.3 Å². The van der Waals surface area contributed by atoms with Gasteiger partial charge >= 0.3 is 8.56 Å². The smallest absolute Gasteiger partial charge is 0.355 e. The van der Waals surface area contributed by atoms with Crippen LogP contribution in [-0.2, 0) is 8.23 Å². The molecule has 0 bridgehead atoms. The third-order valence-corrected chi connectivity index (χ3v) is 16.3. The minimum absolute atomic E-state index is 0.888. The number of benzene rings is 1. The van der Waals surface area contributed by atoms with E-state index >= 15 is 0 Å². The molecule has 8 heteroatoms. The van der Waals surface area contributed by atoms with Crippen LogP contribution in [0.1, 0.15) is 0 Å². The van der Waals surface area contributed by atoms with E-state index in [1.165, 1.54) is 0 Å². The molecule has 4 nitrogen and oxygen atoms in total. The Morgan fingerprint density at radius 3 is 2.18 bits per heavy atom. The number of hydrogen-bond donors (Lipinski definition) is 2. The summed E-state index contributed by atoms with van der Waals surface area (Å²) in [5.41, 5.74) is 0. The fraction of sp³-hybridized carbons (Fsp3) is 0.333. The first-order chi connectivity index (χ1) is 7.87. The normalized spacial score (nSPS) is 17.0. The van der Waals surface area contributed by atoms with Crippen LogP contribution < -0.4 is 5.19 Å². The summed E-state index contributed by atoms with van der Waals surface area (Å²) in [6.45, 7) is 5.87. The summed E-state index contributed by atoms with van der Waals surface area (Å²) in [6, 6.07) is 9.53. The number of rotatable bonds is 6. The summed E-state index contributed by atoms with van der Waals surface area (Å²) in [7, 11) is -6.89. The second kappa shape index (κ2) is 6.20. The predicted molar refractivity (Wildman–Crippen MR) is 78.9 cm³/mol. The highest BCUT2D eigenvalue weighted by Crippen LogP contribution is 2.06. The molecular formula is C9H20O4Si4. The van der Waals surface area contributed by atoms with Crippen LogP contribution in [0.4, 0.5) is 0 Å². The maximum absolute atomic E-state index is 10.4. The van der Waals surface area contributed by atoms with Gasteiger partial charge in [-0.2, -0.15) is 0 Å². The molecule has 0 aliphatic carbocycles. The molecule has 0 radical (unpaired) electrons. The summed E-state index contributed by atoms with van der Waals surface area (Å²) in [4.78, 5) is 19.3. The fourth-order valence-corrected chi connectivity index (χ4v) is 14.3. The molecule has 0 heterocycles. The van der Waals surface area contributed by atoms with Gasteiger partial charge in [-0.3, -0.25) is 0 Å². The molecule has 0 spiro atoms. The number of hydrogen-bond acceptors (Lipinski definition) is 4. The van der Waals surface area contributed by atoms with Crippen LogP contribution in [0.3, 0.4) is 0 Å². The monoisotopic (exact) mass is 304 g/mol. The van der Waals surface area contributed by atoms with E-state index in [0.717, 1.165) is 5.19 Å². The molecule has 0 aromatic heterocycles. The highest BCUT2D eigenvalue weighted by molar-refractivity contribution is 7.20. The molecule has 1 atom stereocenters. The van der Waals surface area contributed by atoms with Crippen molar-refractivity contribution in [1.29, 1.82) is 0 Å². The SMILES string of the molecule is C[Si](C)(O[SiH2]O)[SiH2]O[Si](C)(O)c1ccccc1. The maximum Gasteiger partial charge on any atom is 0.355 e. The van der Waals surface area contributed by atoms with Gasteiger partial charge in [0.15, 0.2) is 17.1 Å². The Hall–Kier alpha value is -0.0725. The van der Waals surface area contributed by atoms with Crippen LogP contribution in [0.5, 0.6) is 0 Å². The molecule has 0 amide bonds. The van der Waals surface area contributed by atoms with Crippen molar-refractivity contribution in [2.75, 3.05) is 0 Å². The van der Waals surface area contributed by atoms with Gasteiger partial charge in [0.05, 0.1) is 0 Å². The second-order valence-corrected chi connectivity index (χ2v) is 19.6. The van der Waals surface area contributed by atoms with Gasteiger partial charge in [-0.05, 0) is 24.8 Å². The lowest BCUT2D eigenvalue weighted by Gasteiger charge is -2.27. The van der Waals surface area contributed by atoms with E-state index in [4.69, 9.17) is 13.0 Å². The van der Waals surface area contributed by atoms with Crippen molar-refractivity contribution in [2.45, 2.75) is 19.6 Å². The molecule has 0 aliphatic rings. The zero-order valence-corrected chi connectivity index (χ0v) is 15.3. The Labute approximate surface area is 109 Å². The Morgan fingerprint density at radius 1 is 1.06 bits per heavy atom. The predicted octanol–water partition coefficient (Wildman–Crippen LogP) is -1.23. The zero-order chi connectivity index (χ0) is 12.9. The van der Waals surface area contributed by atoms with Crippen LogP contribution >= 0.6 is 0 Å². The molecule has 1 unspecified atom stereocenters. The Balaban J connectivity index is 2.62. The van der Waals surface area contributed by atoms with Crippen LogP contribution in [0.25, 0.3) is 0 Å². The lowest BCUT2D eigenvalue weighted by atomic mass is 10.4. The maximum atomic E-state index is 10.4. The quantitative estimate of drug-likeness (QED) is 0.646. The first-order valence-corrected chi connectivity index (χ1v) is 14.9. The Bertz CT molecular complexity index is 344. The summed E-state index contributed by atoms with van der Waals surface area (Å²) in [5.74, 6) is 0. The molecule has 2 N–H and O–H groups in total. The minimum atomic E-state index is -2.77. The summed E-state index contributed by atoms with van der Waals surface area (Å²) in [6.07, 6.45) is 0. The summed E-state index contributed by atoms with van der Waals surface area (Å²) in [5, 5.41) is 0.888. The average molecular weight is 305 g/mol. The van der Waals surface area contributed by atoms with Crippen LogP contribution in [0.15, 0.2) is 30.3 Å². The van der Waals surface area contributed by atoms with E-state index in [1.807, 2.05) is 43.4 Å². The van der Waals surface area contributed by atoms with E-state index in [-0.39, 0.29) is 0 Å². The van der Waals surface area contributed by atoms with Crippen molar-refractivity contribution in [3.63, 3.8) is 0 Å². The van der Waals surface area contributed by atoms with Crippen molar-refractivity contribution >= 4 is 40.9 Å². The van der Waals surface area contributed by atoms with Crippen LogP contribution in [0.2, 0.25) is 19.6 Å². The van der Waals surface area contributed by atoms with E-state index < -0.39 is 35.7 Å². The van der Waals surface area contributed by atoms with Crippen molar-refractivity contribution < 1.29 is 17.8 Å². The molecular weight excluding hydrogens is 284 g/mol.